The highest BCUT2D eigenvalue weighted by Gasteiger charge is 2.17. The molecule has 0 spiro atoms. The normalized spacial score (nSPS) is 23.6. The summed E-state index contributed by atoms with van der Waals surface area (Å²) in [5, 5.41) is 4.52. The average molecular weight is 263 g/mol. The van der Waals surface area contributed by atoms with Crippen LogP contribution < -0.4 is 5.32 Å². The van der Waals surface area contributed by atoms with Crippen LogP contribution >= 0.6 is 23.5 Å². The fourth-order valence-corrected chi connectivity index (χ4v) is 4.48. The monoisotopic (exact) mass is 263 g/mol. The van der Waals surface area contributed by atoms with Gasteiger partial charge in [-0.3, -0.25) is 0 Å². The SMILES string of the molecule is COCCC(NCC1CSCCS1)C(C)C. The number of nitrogens with one attached hydrogen (secondary N) is 1. The molecule has 0 aromatic heterocycles. The molecule has 0 saturated carbocycles. The highest BCUT2D eigenvalue weighted by molar-refractivity contribution is 8.06. The summed E-state index contributed by atoms with van der Waals surface area (Å²) in [6, 6.07) is 0.604. The number of ether oxygens (including phenoxy) is 1. The lowest BCUT2D eigenvalue weighted by Crippen LogP contribution is -2.40. The van der Waals surface area contributed by atoms with Gasteiger partial charge < -0.3 is 10.1 Å². The molecule has 1 heterocycles. The highest BCUT2D eigenvalue weighted by Crippen LogP contribution is 2.23. The first-order valence-corrected chi connectivity index (χ1v) is 8.36. The molecule has 16 heavy (non-hydrogen) atoms. The Morgan fingerprint density at radius 1 is 1.38 bits per heavy atom. The molecule has 0 bridgehead atoms. The minimum atomic E-state index is 0.604. The summed E-state index contributed by atoms with van der Waals surface area (Å²) in [4.78, 5) is 0. The quantitative estimate of drug-likeness (QED) is 0.761. The van der Waals surface area contributed by atoms with E-state index in [0.29, 0.717) is 12.0 Å². The van der Waals surface area contributed by atoms with Crippen LogP contribution in [0.3, 0.4) is 0 Å². The third kappa shape index (κ3) is 5.80. The molecule has 1 aliphatic heterocycles. The number of hydrogen-bond acceptors (Lipinski definition) is 4. The van der Waals surface area contributed by atoms with E-state index in [1.807, 2.05) is 0 Å². The van der Waals surface area contributed by atoms with Crippen molar-refractivity contribution in [2.24, 2.45) is 5.92 Å². The van der Waals surface area contributed by atoms with Crippen molar-refractivity contribution in [1.82, 2.24) is 5.32 Å². The van der Waals surface area contributed by atoms with Crippen molar-refractivity contribution < 1.29 is 4.74 Å². The van der Waals surface area contributed by atoms with Gasteiger partial charge in [0.05, 0.1) is 0 Å². The molecule has 1 saturated heterocycles. The molecule has 96 valence electrons. The van der Waals surface area contributed by atoms with Gasteiger partial charge in [-0.25, -0.2) is 0 Å². The van der Waals surface area contributed by atoms with Gasteiger partial charge in [-0.2, -0.15) is 23.5 Å². The van der Waals surface area contributed by atoms with Crippen molar-refractivity contribution >= 4 is 23.5 Å². The summed E-state index contributed by atoms with van der Waals surface area (Å²) in [6.45, 7) is 6.60. The van der Waals surface area contributed by atoms with Gasteiger partial charge >= 0.3 is 0 Å². The van der Waals surface area contributed by atoms with Gasteiger partial charge in [-0.1, -0.05) is 13.8 Å². The van der Waals surface area contributed by atoms with Crippen LogP contribution in [0.25, 0.3) is 0 Å². The van der Waals surface area contributed by atoms with Crippen LogP contribution in [0.4, 0.5) is 0 Å². The minimum absolute atomic E-state index is 0.604. The molecule has 0 aromatic rings. The second-order valence-corrected chi connectivity index (χ2v) is 7.17. The zero-order valence-corrected chi connectivity index (χ0v) is 12.3. The fraction of sp³-hybridized carbons (Fsp3) is 1.00. The van der Waals surface area contributed by atoms with E-state index in [1.54, 1.807) is 7.11 Å². The lowest BCUT2D eigenvalue weighted by atomic mass is 10.0. The second kappa shape index (κ2) is 8.67. The van der Waals surface area contributed by atoms with E-state index in [2.05, 4.69) is 42.7 Å². The van der Waals surface area contributed by atoms with Gasteiger partial charge in [0, 0.05) is 48.8 Å². The number of thioether (sulfide) groups is 2. The predicted octanol–water partition coefficient (Wildman–Crippen LogP) is 2.49. The van der Waals surface area contributed by atoms with Crippen molar-refractivity contribution in [3.8, 4) is 0 Å². The number of rotatable bonds is 7. The summed E-state index contributed by atoms with van der Waals surface area (Å²) < 4.78 is 5.16. The number of methoxy groups -OCH3 is 1. The summed E-state index contributed by atoms with van der Waals surface area (Å²) >= 11 is 4.22. The van der Waals surface area contributed by atoms with Gasteiger partial charge in [0.1, 0.15) is 0 Å². The van der Waals surface area contributed by atoms with Crippen LogP contribution in [0.2, 0.25) is 0 Å². The van der Waals surface area contributed by atoms with Crippen LogP contribution in [0.1, 0.15) is 20.3 Å². The molecule has 0 aromatic carbocycles. The molecule has 1 N–H and O–H groups in total. The Labute approximate surface area is 109 Å². The summed E-state index contributed by atoms with van der Waals surface area (Å²) in [5.74, 6) is 4.66. The van der Waals surface area contributed by atoms with Crippen LogP contribution in [0.15, 0.2) is 0 Å². The molecule has 2 nitrogen and oxygen atoms in total. The Hall–Kier alpha value is 0.620. The largest absolute Gasteiger partial charge is 0.385 e. The van der Waals surface area contributed by atoms with Crippen LogP contribution in [-0.4, -0.2) is 48.8 Å². The van der Waals surface area contributed by atoms with E-state index >= 15 is 0 Å². The van der Waals surface area contributed by atoms with E-state index in [1.165, 1.54) is 17.3 Å². The Bertz CT molecular complexity index is 172. The first-order chi connectivity index (χ1) is 7.74. The molecule has 2 unspecified atom stereocenters. The van der Waals surface area contributed by atoms with E-state index in [9.17, 15) is 0 Å². The highest BCUT2D eigenvalue weighted by atomic mass is 32.2. The third-order valence-corrected chi connectivity index (χ3v) is 5.78. The van der Waals surface area contributed by atoms with Gasteiger partial charge in [0.2, 0.25) is 0 Å². The third-order valence-electron chi connectivity index (χ3n) is 2.93. The van der Waals surface area contributed by atoms with Crippen molar-refractivity contribution in [2.75, 3.05) is 37.5 Å². The molecular formula is C12H25NOS2. The Morgan fingerprint density at radius 3 is 2.75 bits per heavy atom. The maximum absolute atomic E-state index is 5.16. The molecule has 0 radical (unpaired) electrons. The van der Waals surface area contributed by atoms with Gasteiger partial charge in [0.25, 0.3) is 0 Å². The summed E-state index contributed by atoms with van der Waals surface area (Å²) in [5.41, 5.74) is 0. The Kier molecular flexibility index (Phi) is 7.96. The molecule has 4 heteroatoms. The van der Waals surface area contributed by atoms with E-state index < -0.39 is 0 Å². The Morgan fingerprint density at radius 2 is 2.19 bits per heavy atom. The molecule has 0 amide bonds. The molecule has 2 atom stereocenters. The van der Waals surface area contributed by atoms with Crippen LogP contribution in [-0.2, 0) is 4.74 Å². The van der Waals surface area contributed by atoms with Gasteiger partial charge in [-0.05, 0) is 12.3 Å². The van der Waals surface area contributed by atoms with Crippen molar-refractivity contribution in [3.63, 3.8) is 0 Å². The van der Waals surface area contributed by atoms with Crippen LogP contribution in [0, 0.1) is 5.92 Å². The van der Waals surface area contributed by atoms with Crippen molar-refractivity contribution in [1.29, 1.82) is 0 Å². The van der Waals surface area contributed by atoms with Crippen molar-refractivity contribution in [3.05, 3.63) is 0 Å². The van der Waals surface area contributed by atoms with E-state index in [0.717, 1.165) is 24.8 Å². The molecule has 1 rings (SSSR count). The molecule has 1 aliphatic rings. The zero-order chi connectivity index (χ0) is 11.8. The zero-order valence-electron chi connectivity index (χ0n) is 10.7. The average Bonchev–Trinajstić information content (AvgIpc) is 2.30. The smallest absolute Gasteiger partial charge is 0.0477 e. The number of hydrogen-bond donors (Lipinski definition) is 1. The standard InChI is InChI=1S/C12H25NOS2/c1-10(2)12(4-5-14-3)13-8-11-9-15-6-7-16-11/h10-13H,4-9H2,1-3H3. The van der Waals surface area contributed by atoms with Gasteiger partial charge in [0.15, 0.2) is 0 Å². The van der Waals surface area contributed by atoms with E-state index in [-0.39, 0.29) is 0 Å². The summed E-state index contributed by atoms with van der Waals surface area (Å²) in [6.07, 6.45) is 1.12. The first-order valence-electron chi connectivity index (χ1n) is 6.15. The van der Waals surface area contributed by atoms with Crippen molar-refractivity contribution in [2.45, 2.75) is 31.6 Å². The molecule has 0 aliphatic carbocycles. The fourth-order valence-electron chi connectivity index (χ4n) is 1.85. The lowest BCUT2D eigenvalue weighted by Gasteiger charge is -2.27. The first kappa shape index (κ1) is 14.7. The Balaban J connectivity index is 2.19. The van der Waals surface area contributed by atoms with E-state index in [4.69, 9.17) is 4.74 Å². The summed E-state index contributed by atoms with van der Waals surface area (Å²) in [7, 11) is 1.78. The molecule has 1 fully saturated rings. The molecular weight excluding hydrogens is 238 g/mol. The van der Waals surface area contributed by atoms with Crippen LogP contribution in [0.5, 0.6) is 0 Å². The van der Waals surface area contributed by atoms with Gasteiger partial charge in [-0.15, -0.1) is 0 Å². The minimum Gasteiger partial charge on any atom is -0.385 e. The lowest BCUT2D eigenvalue weighted by molar-refractivity contribution is 0.174. The second-order valence-electron chi connectivity index (χ2n) is 4.61. The topological polar surface area (TPSA) is 21.3 Å². The maximum Gasteiger partial charge on any atom is 0.0477 e. The predicted molar refractivity (Wildman–Crippen MR) is 76.7 cm³/mol. The maximum atomic E-state index is 5.16.